The second-order valence-electron chi connectivity index (χ2n) is 7.26. The number of benzene rings is 2. The molecule has 1 amide bonds. The molecular weight excluding hydrogens is 359 g/mol. The molecule has 0 saturated carbocycles. The number of halogens is 1. The molecule has 0 bridgehead atoms. The van der Waals surface area contributed by atoms with Crippen molar-refractivity contribution in [3.8, 4) is 11.5 Å². The minimum Gasteiger partial charge on any atom is -0.378 e. The Bertz CT molecular complexity index is 1010. The number of hydrogen-bond acceptors (Lipinski definition) is 5. The quantitative estimate of drug-likeness (QED) is 0.689. The lowest BCUT2D eigenvalue weighted by Crippen LogP contribution is -2.25. The van der Waals surface area contributed by atoms with Gasteiger partial charge in [-0.15, -0.1) is 0 Å². The number of aryl methyl sites for hydroxylation is 1. The van der Waals surface area contributed by atoms with Gasteiger partial charge in [0.25, 0.3) is 5.89 Å². The second kappa shape index (κ2) is 7.07. The first-order valence-corrected chi connectivity index (χ1v) is 9.10. The zero-order chi connectivity index (χ0) is 19.8. The number of nitrogens with zero attached hydrogens (tertiary/aromatic N) is 4. The molecule has 4 rings (SSSR count). The number of carbonyl (C=O) groups excluding carboxylic acids is 1. The van der Waals surface area contributed by atoms with Crippen molar-refractivity contribution in [3.63, 3.8) is 0 Å². The van der Waals surface area contributed by atoms with E-state index in [1.54, 1.807) is 12.1 Å². The standard InChI is InChI=1S/C21H21FN4O2/c1-13-4-9-18(17(22)10-13)26-12-15(11-19(26)27)20-23-21(28-24-20)14-5-7-16(8-6-14)25(2)3/h4-10,15H,11-12H2,1-3H3. The van der Waals surface area contributed by atoms with E-state index in [1.165, 1.54) is 11.0 Å². The summed E-state index contributed by atoms with van der Waals surface area (Å²) >= 11 is 0. The van der Waals surface area contributed by atoms with Crippen molar-refractivity contribution < 1.29 is 13.7 Å². The smallest absolute Gasteiger partial charge is 0.257 e. The Balaban J connectivity index is 1.54. The van der Waals surface area contributed by atoms with E-state index >= 15 is 0 Å². The number of hydrogen-bond donors (Lipinski definition) is 0. The van der Waals surface area contributed by atoms with Crippen LogP contribution in [-0.4, -0.2) is 36.7 Å². The van der Waals surface area contributed by atoms with Gasteiger partial charge in [0.05, 0.1) is 5.69 Å². The molecule has 1 fully saturated rings. The van der Waals surface area contributed by atoms with Gasteiger partial charge in [0.2, 0.25) is 5.91 Å². The first kappa shape index (κ1) is 18.2. The fourth-order valence-electron chi connectivity index (χ4n) is 3.36. The van der Waals surface area contributed by atoms with Crippen LogP contribution in [0.2, 0.25) is 0 Å². The van der Waals surface area contributed by atoms with Crippen molar-refractivity contribution in [3.05, 3.63) is 59.7 Å². The van der Waals surface area contributed by atoms with Crippen LogP contribution in [0.15, 0.2) is 47.0 Å². The molecule has 6 nitrogen and oxygen atoms in total. The van der Waals surface area contributed by atoms with Crippen molar-refractivity contribution in [2.24, 2.45) is 0 Å². The van der Waals surface area contributed by atoms with Gasteiger partial charge >= 0.3 is 0 Å². The van der Waals surface area contributed by atoms with E-state index in [2.05, 4.69) is 10.1 Å². The lowest BCUT2D eigenvalue weighted by molar-refractivity contribution is -0.117. The fraction of sp³-hybridized carbons (Fsp3) is 0.286. The Morgan fingerprint density at radius 3 is 2.61 bits per heavy atom. The summed E-state index contributed by atoms with van der Waals surface area (Å²) < 4.78 is 19.7. The lowest BCUT2D eigenvalue weighted by Gasteiger charge is -2.17. The van der Waals surface area contributed by atoms with Gasteiger partial charge in [0, 0.05) is 44.2 Å². The zero-order valence-electron chi connectivity index (χ0n) is 16.0. The SMILES string of the molecule is Cc1ccc(N2CC(c3noc(-c4ccc(N(C)C)cc4)n3)CC2=O)c(F)c1. The van der Waals surface area contributed by atoms with E-state index in [1.807, 2.05) is 50.2 Å². The molecule has 1 saturated heterocycles. The highest BCUT2D eigenvalue weighted by Crippen LogP contribution is 2.33. The van der Waals surface area contributed by atoms with E-state index < -0.39 is 5.82 Å². The molecule has 144 valence electrons. The normalized spacial score (nSPS) is 16.6. The molecule has 2 aromatic carbocycles. The van der Waals surface area contributed by atoms with Crippen LogP contribution < -0.4 is 9.80 Å². The summed E-state index contributed by atoms with van der Waals surface area (Å²) in [6.07, 6.45) is 0.228. The van der Waals surface area contributed by atoms with Gasteiger partial charge in [-0.05, 0) is 48.9 Å². The van der Waals surface area contributed by atoms with E-state index in [4.69, 9.17) is 4.52 Å². The Labute approximate surface area is 162 Å². The maximum absolute atomic E-state index is 14.3. The average molecular weight is 380 g/mol. The highest BCUT2D eigenvalue weighted by atomic mass is 19.1. The number of anilines is 2. The third kappa shape index (κ3) is 3.35. The summed E-state index contributed by atoms with van der Waals surface area (Å²) in [5.41, 5.74) is 2.99. The molecule has 3 aromatic rings. The lowest BCUT2D eigenvalue weighted by atomic mass is 10.1. The van der Waals surface area contributed by atoms with Crippen LogP contribution in [0, 0.1) is 12.7 Å². The molecule has 1 aliphatic rings. The first-order valence-electron chi connectivity index (χ1n) is 9.10. The third-order valence-electron chi connectivity index (χ3n) is 4.96. The minimum atomic E-state index is -0.399. The largest absolute Gasteiger partial charge is 0.378 e. The van der Waals surface area contributed by atoms with Crippen LogP contribution >= 0.6 is 0 Å². The van der Waals surface area contributed by atoms with E-state index in [-0.39, 0.29) is 18.2 Å². The van der Waals surface area contributed by atoms with Crippen molar-refractivity contribution in [1.82, 2.24) is 10.1 Å². The Morgan fingerprint density at radius 2 is 1.93 bits per heavy atom. The summed E-state index contributed by atoms with van der Waals surface area (Å²) in [5, 5.41) is 4.06. The van der Waals surface area contributed by atoms with Gasteiger partial charge in [0.1, 0.15) is 5.82 Å². The predicted molar refractivity (Wildman–Crippen MR) is 105 cm³/mol. The molecule has 1 unspecified atom stereocenters. The van der Waals surface area contributed by atoms with Gasteiger partial charge < -0.3 is 14.3 Å². The monoisotopic (exact) mass is 380 g/mol. The maximum Gasteiger partial charge on any atom is 0.257 e. The number of carbonyl (C=O) groups is 1. The summed E-state index contributed by atoms with van der Waals surface area (Å²) in [7, 11) is 3.94. The first-order chi connectivity index (χ1) is 13.4. The van der Waals surface area contributed by atoms with Gasteiger partial charge in [0.15, 0.2) is 5.82 Å². The molecule has 1 atom stereocenters. The fourth-order valence-corrected chi connectivity index (χ4v) is 3.36. The van der Waals surface area contributed by atoms with E-state index in [0.717, 1.165) is 16.8 Å². The molecular formula is C21H21FN4O2. The average Bonchev–Trinajstić information content (AvgIpc) is 3.29. The molecule has 1 aliphatic heterocycles. The van der Waals surface area contributed by atoms with Crippen LogP contribution in [-0.2, 0) is 4.79 Å². The molecule has 0 radical (unpaired) electrons. The third-order valence-corrected chi connectivity index (χ3v) is 4.96. The minimum absolute atomic E-state index is 0.144. The molecule has 28 heavy (non-hydrogen) atoms. The Kier molecular flexibility index (Phi) is 4.58. The van der Waals surface area contributed by atoms with Crippen LogP contribution in [0.5, 0.6) is 0 Å². The zero-order valence-corrected chi connectivity index (χ0v) is 16.0. The van der Waals surface area contributed by atoms with Crippen LogP contribution in [0.3, 0.4) is 0 Å². The van der Waals surface area contributed by atoms with Crippen molar-refractivity contribution >= 4 is 17.3 Å². The maximum atomic E-state index is 14.3. The molecule has 0 aliphatic carbocycles. The van der Waals surface area contributed by atoms with Gasteiger partial charge in [-0.2, -0.15) is 4.98 Å². The highest BCUT2D eigenvalue weighted by molar-refractivity contribution is 5.96. The summed E-state index contributed by atoms with van der Waals surface area (Å²) in [4.78, 5) is 20.4. The molecule has 0 spiro atoms. The number of rotatable bonds is 4. The number of aromatic nitrogens is 2. The van der Waals surface area contributed by atoms with E-state index in [9.17, 15) is 9.18 Å². The molecule has 7 heteroatoms. The van der Waals surface area contributed by atoms with Gasteiger partial charge in [-0.1, -0.05) is 11.2 Å². The molecule has 1 aromatic heterocycles. The number of amides is 1. The molecule has 0 N–H and O–H groups in total. The summed E-state index contributed by atoms with van der Waals surface area (Å²) in [5.74, 6) is 0.104. The molecule has 2 heterocycles. The van der Waals surface area contributed by atoms with Gasteiger partial charge in [-0.25, -0.2) is 4.39 Å². The van der Waals surface area contributed by atoms with E-state index in [0.29, 0.717) is 23.9 Å². The van der Waals surface area contributed by atoms with Crippen molar-refractivity contribution in [2.75, 3.05) is 30.4 Å². The van der Waals surface area contributed by atoms with Crippen molar-refractivity contribution in [2.45, 2.75) is 19.3 Å². The second-order valence-corrected chi connectivity index (χ2v) is 7.26. The van der Waals surface area contributed by atoms with Crippen molar-refractivity contribution in [1.29, 1.82) is 0 Å². The Hall–Kier alpha value is -3.22. The predicted octanol–water partition coefficient (Wildman–Crippen LogP) is 3.77. The summed E-state index contributed by atoms with van der Waals surface area (Å²) in [6.45, 7) is 2.14. The van der Waals surface area contributed by atoms with Gasteiger partial charge in [-0.3, -0.25) is 4.79 Å². The van der Waals surface area contributed by atoms with Crippen LogP contribution in [0.4, 0.5) is 15.8 Å². The highest BCUT2D eigenvalue weighted by Gasteiger charge is 2.35. The Morgan fingerprint density at radius 1 is 1.18 bits per heavy atom. The summed E-state index contributed by atoms with van der Waals surface area (Å²) in [6, 6.07) is 12.6. The van der Waals surface area contributed by atoms with Crippen LogP contribution in [0.25, 0.3) is 11.5 Å². The van der Waals surface area contributed by atoms with Crippen LogP contribution in [0.1, 0.15) is 23.7 Å². The topological polar surface area (TPSA) is 62.5 Å².